The van der Waals surface area contributed by atoms with Crippen molar-refractivity contribution in [3.8, 4) is 0 Å². The molecule has 100 valence electrons. The molecular weight excluding hydrogens is 266 g/mol. The Balaban J connectivity index is 2.05. The van der Waals surface area contributed by atoms with E-state index < -0.39 is 0 Å². The maximum atomic E-state index is 11.9. The smallest absolute Gasteiger partial charge is 0.263 e. The Morgan fingerprint density at radius 2 is 2.11 bits per heavy atom. The highest BCUT2D eigenvalue weighted by Gasteiger charge is 2.16. The molecule has 19 heavy (non-hydrogen) atoms. The van der Waals surface area contributed by atoms with E-state index >= 15 is 0 Å². The van der Waals surface area contributed by atoms with Crippen LogP contribution < -0.4 is 16.4 Å². The van der Waals surface area contributed by atoms with Gasteiger partial charge in [0.25, 0.3) is 5.91 Å². The molecule has 2 aromatic heterocycles. The maximum Gasteiger partial charge on any atom is 0.263 e. The van der Waals surface area contributed by atoms with Gasteiger partial charge in [-0.15, -0.1) is 16.4 Å². The van der Waals surface area contributed by atoms with Crippen molar-refractivity contribution in [1.29, 1.82) is 0 Å². The van der Waals surface area contributed by atoms with Crippen LogP contribution in [0.25, 0.3) is 10.2 Å². The molecule has 2 amide bonds. The first-order valence-corrected chi connectivity index (χ1v) is 6.43. The molecule has 0 aromatic carbocycles. The monoisotopic (exact) mass is 279 g/mol. The van der Waals surface area contributed by atoms with Crippen LogP contribution in [-0.2, 0) is 4.79 Å². The summed E-state index contributed by atoms with van der Waals surface area (Å²) in [5.41, 5.74) is 6.31. The minimum atomic E-state index is -0.272. The van der Waals surface area contributed by atoms with E-state index in [1.165, 1.54) is 24.5 Å². The summed E-state index contributed by atoms with van der Waals surface area (Å²) in [6, 6.07) is 1.72. The highest BCUT2D eigenvalue weighted by atomic mass is 32.1. The van der Waals surface area contributed by atoms with Crippen molar-refractivity contribution in [3.05, 3.63) is 17.1 Å². The van der Waals surface area contributed by atoms with Crippen molar-refractivity contribution in [2.24, 2.45) is 0 Å². The van der Waals surface area contributed by atoms with Crippen LogP contribution in [0.2, 0.25) is 0 Å². The van der Waals surface area contributed by atoms with Crippen molar-refractivity contribution in [3.63, 3.8) is 0 Å². The van der Waals surface area contributed by atoms with Gasteiger partial charge in [0.15, 0.2) is 0 Å². The third-order valence-corrected chi connectivity index (χ3v) is 3.52. The van der Waals surface area contributed by atoms with E-state index in [2.05, 4.69) is 20.8 Å². The normalized spacial score (nSPS) is 10.4. The Morgan fingerprint density at radius 1 is 1.37 bits per heavy atom. The second-order valence-corrected chi connectivity index (χ2v) is 4.83. The molecule has 2 heterocycles. The van der Waals surface area contributed by atoms with Gasteiger partial charge >= 0.3 is 0 Å². The Labute approximate surface area is 113 Å². The number of nitrogens with two attached hydrogens (primary N) is 1. The van der Waals surface area contributed by atoms with Gasteiger partial charge in [0.1, 0.15) is 9.71 Å². The second-order valence-electron chi connectivity index (χ2n) is 3.83. The van der Waals surface area contributed by atoms with Gasteiger partial charge in [-0.1, -0.05) is 0 Å². The number of carbonyl (C=O) groups excluding carboxylic acids is 2. The third-order valence-electron chi connectivity index (χ3n) is 2.41. The van der Waals surface area contributed by atoms with Gasteiger partial charge in [0.2, 0.25) is 5.91 Å². The molecule has 0 fully saturated rings. The van der Waals surface area contributed by atoms with Crippen LogP contribution in [0.1, 0.15) is 16.6 Å². The van der Waals surface area contributed by atoms with E-state index in [9.17, 15) is 9.59 Å². The summed E-state index contributed by atoms with van der Waals surface area (Å²) in [6.07, 6.45) is 1.53. The summed E-state index contributed by atoms with van der Waals surface area (Å²) >= 11 is 1.20. The Hall–Kier alpha value is -2.22. The van der Waals surface area contributed by atoms with Gasteiger partial charge in [-0.25, -0.2) is 0 Å². The second kappa shape index (κ2) is 5.61. The number of fused-ring (bicyclic) bond motifs is 1. The number of anilines is 1. The number of hydrogen-bond donors (Lipinski definition) is 3. The quantitative estimate of drug-likeness (QED) is 0.689. The first kappa shape index (κ1) is 13.2. The number of carbonyl (C=O) groups is 2. The summed E-state index contributed by atoms with van der Waals surface area (Å²) < 4.78 is 0. The molecule has 0 bridgehead atoms. The van der Waals surface area contributed by atoms with Crippen LogP contribution in [0.5, 0.6) is 0 Å². The van der Waals surface area contributed by atoms with E-state index in [0.29, 0.717) is 28.5 Å². The number of amides is 2. The van der Waals surface area contributed by atoms with Crippen LogP contribution in [0.15, 0.2) is 12.3 Å². The predicted octanol–water partition coefficient (Wildman–Crippen LogP) is 0.139. The lowest BCUT2D eigenvalue weighted by Crippen LogP contribution is -2.33. The molecule has 0 saturated carbocycles. The molecular formula is C11H13N5O2S. The number of rotatable bonds is 4. The lowest BCUT2D eigenvalue weighted by Gasteiger charge is -2.04. The van der Waals surface area contributed by atoms with Crippen LogP contribution in [0.4, 0.5) is 5.69 Å². The van der Waals surface area contributed by atoms with Gasteiger partial charge in [0.05, 0.1) is 11.9 Å². The van der Waals surface area contributed by atoms with Gasteiger partial charge in [-0.2, -0.15) is 5.10 Å². The molecule has 0 aliphatic heterocycles. The number of nitrogens with one attached hydrogen (secondary N) is 2. The molecule has 2 rings (SSSR count). The average Bonchev–Trinajstić information content (AvgIpc) is 2.72. The fraction of sp³-hybridized carbons (Fsp3) is 0.273. The fourth-order valence-corrected chi connectivity index (χ4v) is 2.49. The van der Waals surface area contributed by atoms with Crippen LogP contribution in [0, 0.1) is 0 Å². The number of hydrogen-bond acceptors (Lipinski definition) is 6. The first-order valence-electron chi connectivity index (χ1n) is 5.62. The summed E-state index contributed by atoms with van der Waals surface area (Å²) in [4.78, 5) is 23.7. The van der Waals surface area contributed by atoms with Crippen molar-refractivity contribution in [2.45, 2.75) is 6.92 Å². The maximum absolute atomic E-state index is 11.9. The molecule has 0 spiro atoms. The lowest BCUT2D eigenvalue weighted by molar-refractivity contribution is -0.118. The standard InChI is InChI=1S/C11H13N5O2S/c1-6(17)13-4-5-14-10(18)9-8(12)7-2-3-15-16-11(7)19-9/h2-3H,4-5,12H2,1H3,(H,13,17)(H,14,18). The number of nitrogens with zero attached hydrogens (tertiary/aromatic N) is 2. The van der Waals surface area contributed by atoms with Crippen LogP contribution in [0.3, 0.4) is 0 Å². The van der Waals surface area contributed by atoms with Crippen molar-refractivity contribution >= 4 is 39.1 Å². The van der Waals surface area contributed by atoms with Crippen LogP contribution >= 0.6 is 11.3 Å². The molecule has 2 aromatic rings. The summed E-state index contributed by atoms with van der Waals surface area (Å²) in [5.74, 6) is -0.406. The minimum absolute atomic E-state index is 0.133. The summed E-state index contributed by atoms with van der Waals surface area (Å²) in [7, 11) is 0. The lowest BCUT2D eigenvalue weighted by atomic mass is 10.3. The Kier molecular flexibility index (Phi) is 3.91. The van der Waals surface area contributed by atoms with Gasteiger partial charge < -0.3 is 16.4 Å². The van der Waals surface area contributed by atoms with Crippen molar-refractivity contribution in [2.75, 3.05) is 18.8 Å². The Bertz CT molecular complexity index is 625. The average molecular weight is 279 g/mol. The van der Waals surface area contributed by atoms with E-state index in [1.54, 1.807) is 6.07 Å². The highest BCUT2D eigenvalue weighted by Crippen LogP contribution is 2.31. The van der Waals surface area contributed by atoms with Gasteiger partial charge in [-0.3, -0.25) is 9.59 Å². The molecule has 0 aliphatic rings. The largest absolute Gasteiger partial charge is 0.397 e. The Morgan fingerprint density at radius 3 is 2.79 bits per heavy atom. The number of aromatic nitrogens is 2. The zero-order valence-electron chi connectivity index (χ0n) is 10.3. The molecule has 4 N–H and O–H groups in total. The molecule has 7 nitrogen and oxygen atoms in total. The van der Waals surface area contributed by atoms with Gasteiger partial charge in [-0.05, 0) is 6.07 Å². The zero-order chi connectivity index (χ0) is 13.8. The summed E-state index contributed by atoms with van der Waals surface area (Å²) in [6.45, 7) is 2.15. The van der Waals surface area contributed by atoms with E-state index in [1.807, 2.05) is 0 Å². The molecule has 0 unspecified atom stereocenters. The van der Waals surface area contributed by atoms with E-state index in [-0.39, 0.29) is 11.8 Å². The topological polar surface area (TPSA) is 110 Å². The third kappa shape index (κ3) is 2.97. The molecule has 0 atom stereocenters. The van der Waals surface area contributed by atoms with Crippen molar-refractivity contribution in [1.82, 2.24) is 20.8 Å². The summed E-state index contributed by atoms with van der Waals surface area (Å²) in [5, 5.41) is 13.7. The molecule has 0 radical (unpaired) electrons. The SMILES string of the molecule is CC(=O)NCCNC(=O)c1sc2nnccc2c1N. The predicted molar refractivity (Wildman–Crippen MR) is 72.8 cm³/mol. The first-order chi connectivity index (χ1) is 9.09. The highest BCUT2D eigenvalue weighted by molar-refractivity contribution is 7.21. The minimum Gasteiger partial charge on any atom is -0.397 e. The van der Waals surface area contributed by atoms with E-state index in [4.69, 9.17) is 5.73 Å². The molecule has 0 aliphatic carbocycles. The molecule has 8 heteroatoms. The van der Waals surface area contributed by atoms with E-state index in [0.717, 1.165) is 5.39 Å². The fourth-order valence-electron chi connectivity index (χ4n) is 1.54. The van der Waals surface area contributed by atoms with Crippen LogP contribution in [-0.4, -0.2) is 35.1 Å². The van der Waals surface area contributed by atoms with Crippen molar-refractivity contribution < 1.29 is 9.59 Å². The van der Waals surface area contributed by atoms with Gasteiger partial charge in [0, 0.05) is 25.4 Å². The zero-order valence-corrected chi connectivity index (χ0v) is 11.1. The number of nitrogen functional groups attached to an aromatic ring is 1. The molecule has 0 saturated heterocycles. The number of thiophene rings is 1.